The van der Waals surface area contributed by atoms with E-state index in [1.54, 1.807) is 6.08 Å². The molecular formula is C21H20N6O2S. The van der Waals surface area contributed by atoms with Gasteiger partial charge in [-0.2, -0.15) is 0 Å². The van der Waals surface area contributed by atoms with Crippen molar-refractivity contribution < 1.29 is 9.59 Å². The van der Waals surface area contributed by atoms with Crippen LogP contribution in [0.15, 0.2) is 47.5 Å². The van der Waals surface area contributed by atoms with E-state index >= 15 is 0 Å². The molecule has 2 aromatic heterocycles. The van der Waals surface area contributed by atoms with Gasteiger partial charge in [-0.15, -0.1) is 10.2 Å². The Kier molecular flexibility index (Phi) is 4.76. The highest BCUT2D eigenvalue weighted by Gasteiger charge is 2.25. The lowest BCUT2D eigenvalue weighted by Crippen LogP contribution is -2.44. The first-order valence-electron chi connectivity index (χ1n) is 9.70. The highest BCUT2D eigenvalue weighted by atomic mass is 32.2. The summed E-state index contributed by atoms with van der Waals surface area (Å²) in [5, 5.41) is 10.5. The van der Waals surface area contributed by atoms with Crippen molar-refractivity contribution in [2.45, 2.75) is 0 Å². The quantitative estimate of drug-likeness (QED) is 0.652. The number of likely N-dealkylation sites (N-methyl/N-ethyl adjacent to an activating group) is 1. The molecule has 2 aliphatic rings. The SMILES string of the molecule is CN1CCN(c2ccc(-c3nnc4ccc(/C=C5\SC(=O)NC5=O)cn34)cc2)CC1. The zero-order valence-corrected chi connectivity index (χ0v) is 17.2. The zero-order valence-electron chi connectivity index (χ0n) is 16.4. The Labute approximate surface area is 177 Å². The predicted molar refractivity (Wildman–Crippen MR) is 117 cm³/mol. The summed E-state index contributed by atoms with van der Waals surface area (Å²) >= 11 is 0.905. The standard InChI is InChI=1S/C21H20N6O2S/c1-25-8-10-26(11-9-25)16-5-3-15(4-6-16)19-24-23-18-7-2-14(13-27(18)19)12-17-20(28)22-21(29)30-17/h2-7,12-13H,8-11H2,1H3,(H,22,28,29)/b17-12-. The van der Waals surface area contributed by atoms with Gasteiger partial charge in [0.05, 0.1) is 4.91 Å². The van der Waals surface area contributed by atoms with Gasteiger partial charge in [-0.05, 0) is 66.8 Å². The second-order valence-corrected chi connectivity index (χ2v) is 8.42. The van der Waals surface area contributed by atoms with Gasteiger partial charge in [0, 0.05) is 43.6 Å². The van der Waals surface area contributed by atoms with Crippen LogP contribution >= 0.6 is 11.8 Å². The first-order valence-corrected chi connectivity index (χ1v) is 10.5. The Morgan fingerprint density at radius 3 is 2.47 bits per heavy atom. The molecule has 8 nitrogen and oxygen atoms in total. The zero-order chi connectivity index (χ0) is 20.7. The van der Waals surface area contributed by atoms with Crippen molar-refractivity contribution in [1.82, 2.24) is 24.8 Å². The average Bonchev–Trinajstić information content (AvgIpc) is 3.31. The smallest absolute Gasteiger partial charge is 0.290 e. The Hall–Kier alpha value is -3.17. The number of carbonyl (C=O) groups is 2. The van der Waals surface area contributed by atoms with Crippen LogP contribution in [0, 0.1) is 0 Å². The Morgan fingerprint density at radius 2 is 1.77 bits per heavy atom. The predicted octanol–water partition coefficient (Wildman–Crippen LogP) is 2.47. The number of carbonyl (C=O) groups excluding carboxylic acids is 2. The molecule has 0 radical (unpaired) electrons. The minimum atomic E-state index is -0.367. The number of anilines is 1. The highest BCUT2D eigenvalue weighted by molar-refractivity contribution is 8.18. The molecule has 0 saturated carbocycles. The number of hydrogen-bond acceptors (Lipinski definition) is 7. The van der Waals surface area contributed by atoms with Gasteiger partial charge < -0.3 is 9.80 Å². The molecular weight excluding hydrogens is 400 g/mol. The molecule has 3 aromatic rings. The molecule has 2 amide bonds. The normalized spacial score (nSPS) is 19.1. The van der Waals surface area contributed by atoms with Crippen LogP contribution < -0.4 is 10.2 Å². The molecule has 5 rings (SSSR count). The summed E-state index contributed by atoms with van der Waals surface area (Å²) in [6.45, 7) is 4.18. The lowest BCUT2D eigenvalue weighted by molar-refractivity contribution is -0.115. The van der Waals surface area contributed by atoms with Crippen LogP contribution in [0.1, 0.15) is 5.56 Å². The fourth-order valence-corrected chi connectivity index (χ4v) is 4.33. The van der Waals surface area contributed by atoms with E-state index in [0.717, 1.165) is 60.5 Å². The molecule has 30 heavy (non-hydrogen) atoms. The molecule has 0 bridgehead atoms. The van der Waals surface area contributed by atoms with Crippen LogP contribution in [0.3, 0.4) is 0 Å². The third-order valence-corrected chi connectivity index (χ3v) is 6.17. The second-order valence-electron chi connectivity index (χ2n) is 7.40. The molecule has 152 valence electrons. The minimum Gasteiger partial charge on any atom is -0.369 e. The first kappa shape index (κ1) is 18.8. The maximum atomic E-state index is 11.8. The maximum absolute atomic E-state index is 11.8. The third-order valence-electron chi connectivity index (χ3n) is 5.36. The molecule has 2 fully saturated rings. The number of rotatable bonds is 3. The van der Waals surface area contributed by atoms with Crippen molar-refractivity contribution in [3.63, 3.8) is 0 Å². The number of thioether (sulfide) groups is 1. The van der Waals surface area contributed by atoms with E-state index in [0.29, 0.717) is 4.91 Å². The maximum Gasteiger partial charge on any atom is 0.290 e. The number of benzene rings is 1. The second kappa shape index (κ2) is 7.58. The first-order chi connectivity index (χ1) is 14.6. The van der Waals surface area contributed by atoms with Crippen molar-refractivity contribution >= 4 is 40.3 Å². The summed E-state index contributed by atoms with van der Waals surface area (Å²) in [6, 6.07) is 12.1. The van der Waals surface area contributed by atoms with Gasteiger partial charge in [-0.1, -0.05) is 0 Å². The highest BCUT2D eigenvalue weighted by Crippen LogP contribution is 2.27. The van der Waals surface area contributed by atoms with E-state index in [-0.39, 0.29) is 11.1 Å². The van der Waals surface area contributed by atoms with Gasteiger partial charge in [0.2, 0.25) is 0 Å². The number of nitrogens with one attached hydrogen (secondary N) is 1. The molecule has 0 spiro atoms. The lowest BCUT2D eigenvalue weighted by atomic mass is 10.1. The van der Waals surface area contributed by atoms with Crippen LogP contribution in [-0.2, 0) is 4.79 Å². The summed E-state index contributed by atoms with van der Waals surface area (Å²) in [4.78, 5) is 28.3. The van der Waals surface area contributed by atoms with E-state index in [4.69, 9.17) is 0 Å². The fourth-order valence-electron chi connectivity index (χ4n) is 3.65. The topological polar surface area (TPSA) is 82.8 Å². The van der Waals surface area contributed by atoms with Gasteiger partial charge in [-0.25, -0.2) is 0 Å². The van der Waals surface area contributed by atoms with Gasteiger partial charge in [0.25, 0.3) is 11.1 Å². The molecule has 0 unspecified atom stereocenters. The molecule has 4 heterocycles. The molecule has 9 heteroatoms. The lowest BCUT2D eigenvalue weighted by Gasteiger charge is -2.34. The van der Waals surface area contributed by atoms with E-state index in [1.807, 2.05) is 22.7 Å². The Morgan fingerprint density at radius 1 is 1.00 bits per heavy atom. The third kappa shape index (κ3) is 3.57. The van der Waals surface area contributed by atoms with Crippen LogP contribution in [0.4, 0.5) is 10.5 Å². The van der Waals surface area contributed by atoms with Crippen molar-refractivity contribution in [3.05, 3.63) is 53.1 Å². The van der Waals surface area contributed by atoms with E-state index in [1.165, 1.54) is 5.69 Å². The number of aromatic nitrogens is 3. The number of piperazine rings is 1. The Balaban J connectivity index is 1.44. The monoisotopic (exact) mass is 420 g/mol. The van der Waals surface area contributed by atoms with Gasteiger partial charge in [0.15, 0.2) is 11.5 Å². The van der Waals surface area contributed by atoms with E-state index in [2.05, 4.69) is 56.6 Å². The molecule has 0 atom stereocenters. The van der Waals surface area contributed by atoms with Crippen molar-refractivity contribution in [1.29, 1.82) is 0 Å². The van der Waals surface area contributed by atoms with Crippen molar-refractivity contribution in [2.75, 3.05) is 38.1 Å². The molecule has 1 N–H and O–H groups in total. The average molecular weight is 420 g/mol. The van der Waals surface area contributed by atoms with Gasteiger partial charge in [-0.3, -0.25) is 19.3 Å². The van der Waals surface area contributed by atoms with E-state index in [9.17, 15) is 9.59 Å². The van der Waals surface area contributed by atoms with Crippen molar-refractivity contribution in [2.24, 2.45) is 0 Å². The largest absolute Gasteiger partial charge is 0.369 e. The van der Waals surface area contributed by atoms with Crippen LogP contribution in [0.5, 0.6) is 0 Å². The van der Waals surface area contributed by atoms with Crippen LogP contribution in [0.25, 0.3) is 23.1 Å². The van der Waals surface area contributed by atoms with Crippen molar-refractivity contribution in [3.8, 4) is 11.4 Å². The number of pyridine rings is 1. The van der Waals surface area contributed by atoms with Gasteiger partial charge >= 0.3 is 0 Å². The van der Waals surface area contributed by atoms with E-state index < -0.39 is 0 Å². The fraction of sp³-hybridized carbons (Fsp3) is 0.238. The summed E-state index contributed by atoms with van der Waals surface area (Å²) in [5.74, 6) is 0.364. The molecule has 0 aliphatic carbocycles. The molecule has 2 aliphatic heterocycles. The number of nitrogens with zero attached hydrogens (tertiary/aromatic N) is 5. The summed E-state index contributed by atoms with van der Waals surface area (Å²) in [7, 11) is 2.15. The molecule has 1 aromatic carbocycles. The summed E-state index contributed by atoms with van der Waals surface area (Å²) < 4.78 is 1.90. The number of imide groups is 1. The van der Waals surface area contributed by atoms with Crippen LogP contribution in [-0.4, -0.2) is 63.9 Å². The minimum absolute atomic E-state index is 0.349. The number of amides is 2. The Bertz CT molecular complexity index is 1160. The van der Waals surface area contributed by atoms with Crippen LogP contribution in [0.2, 0.25) is 0 Å². The number of hydrogen-bond donors (Lipinski definition) is 1. The molecule has 2 saturated heterocycles. The van der Waals surface area contributed by atoms with Gasteiger partial charge in [0.1, 0.15) is 0 Å². The summed E-state index contributed by atoms with van der Waals surface area (Å²) in [5.41, 5.74) is 3.69. The summed E-state index contributed by atoms with van der Waals surface area (Å²) in [6.07, 6.45) is 3.58. The number of fused-ring (bicyclic) bond motifs is 1.